The molecule has 35 heavy (non-hydrogen) atoms. The molecule has 0 aromatic heterocycles. The van der Waals surface area contributed by atoms with E-state index in [2.05, 4.69) is 37.1 Å². The third-order valence-electron chi connectivity index (χ3n) is 5.79. The van der Waals surface area contributed by atoms with E-state index in [1.165, 1.54) is 6.08 Å². The average molecular weight is 550 g/mol. The van der Waals surface area contributed by atoms with Gasteiger partial charge in [0.25, 0.3) is 4.45 Å². The van der Waals surface area contributed by atoms with Crippen molar-refractivity contribution in [3.63, 3.8) is 0 Å². The zero-order chi connectivity index (χ0) is 25.6. The van der Waals surface area contributed by atoms with Gasteiger partial charge < -0.3 is 20.5 Å². The van der Waals surface area contributed by atoms with Crippen LogP contribution in [0.4, 0.5) is 5.69 Å². The molecule has 0 spiro atoms. The highest BCUT2D eigenvalue weighted by Crippen LogP contribution is 2.31. The maximum Gasteiger partial charge on any atom is 0.300 e. The number of aliphatic hydroxyl groups excluding tert-OH is 1. The molecule has 1 amide bonds. The van der Waals surface area contributed by atoms with Gasteiger partial charge in [0.15, 0.2) is 0 Å². The zero-order valence-corrected chi connectivity index (χ0v) is 21.7. The van der Waals surface area contributed by atoms with Crippen molar-refractivity contribution in [2.24, 2.45) is 11.0 Å². The highest BCUT2D eigenvalue weighted by Gasteiger charge is 2.38. The second kappa shape index (κ2) is 11.3. The minimum absolute atomic E-state index is 0.0116. The third-order valence-corrected chi connectivity index (χ3v) is 6.63. The van der Waals surface area contributed by atoms with Gasteiger partial charge in [0.2, 0.25) is 5.91 Å². The second-order valence-electron chi connectivity index (χ2n) is 9.53. The van der Waals surface area contributed by atoms with Crippen LogP contribution in [0.5, 0.6) is 0 Å². The minimum atomic E-state index is -1.37. The Morgan fingerprint density at radius 2 is 2.11 bits per heavy atom. The number of halogens is 1. The summed E-state index contributed by atoms with van der Waals surface area (Å²) < 4.78 is 4.19. The number of hydrazone groups is 1. The number of β-amino-alcohol motifs (C(OH)–C–C–N with tert-alkyl or cyclic N) is 1. The maximum atomic E-state index is 11.4. The lowest BCUT2D eigenvalue weighted by Gasteiger charge is -2.29. The molecule has 10 nitrogen and oxygen atoms in total. The monoisotopic (exact) mass is 549 g/mol. The molecule has 4 N–H and O–H groups in total. The number of nitrogens with one attached hydrogen (secondary N) is 3. The summed E-state index contributed by atoms with van der Waals surface area (Å²) in [5, 5.41) is 32.4. The number of rotatable bonds is 11. The van der Waals surface area contributed by atoms with Crippen molar-refractivity contribution in [1.29, 1.82) is 0 Å². The van der Waals surface area contributed by atoms with Gasteiger partial charge in [0.05, 0.1) is 12.1 Å². The molecule has 0 fully saturated rings. The van der Waals surface area contributed by atoms with E-state index < -0.39 is 15.5 Å². The van der Waals surface area contributed by atoms with E-state index in [9.17, 15) is 20.0 Å². The number of ether oxygens (including phenoxy) is 1. The van der Waals surface area contributed by atoms with E-state index in [0.717, 1.165) is 17.0 Å². The van der Waals surface area contributed by atoms with Crippen molar-refractivity contribution in [2.75, 3.05) is 25.0 Å². The molecule has 3 rings (SSSR count). The first kappa shape index (κ1) is 26.8. The predicted molar refractivity (Wildman–Crippen MR) is 138 cm³/mol. The van der Waals surface area contributed by atoms with Gasteiger partial charge in [-0.1, -0.05) is 25.1 Å². The number of anilines is 1. The fraction of sp³-hybridized carbons (Fsp3) is 0.500. The summed E-state index contributed by atoms with van der Waals surface area (Å²) in [5.41, 5.74) is 5.00. The Morgan fingerprint density at radius 1 is 1.40 bits per heavy atom. The highest BCUT2D eigenvalue weighted by atomic mass is 79.9. The number of hydrogen-bond acceptors (Lipinski definition) is 8. The third kappa shape index (κ3) is 7.61. The van der Waals surface area contributed by atoms with E-state index in [1.54, 1.807) is 12.2 Å². The smallest absolute Gasteiger partial charge is 0.300 e. The molecule has 0 saturated carbocycles. The minimum Gasteiger partial charge on any atom is -0.491 e. The van der Waals surface area contributed by atoms with Crippen molar-refractivity contribution >= 4 is 33.2 Å². The van der Waals surface area contributed by atoms with Crippen molar-refractivity contribution < 1.29 is 19.6 Å². The van der Waals surface area contributed by atoms with E-state index in [-0.39, 0.29) is 30.4 Å². The summed E-state index contributed by atoms with van der Waals surface area (Å²) in [6.45, 7) is 6.94. The molecule has 1 heterocycles. The second-order valence-corrected chi connectivity index (χ2v) is 10.9. The van der Waals surface area contributed by atoms with Crippen LogP contribution in [0.25, 0.3) is 0 Å². The van der Waals surface area contributed by atoms with E-state index in [0.29, 0.717) is 25.3 Å². The molecule has 0 bridgehead atoms. The Balaban J connectivity index is 1.43. The average Bonchev–Trinajstić information content (AvgIpc) is 2.81. The number of nitro groups is 1. The van der Waals surface area contributed by atoms with Gasteiger partial charge in [-0.05, 0) is 37.6 Å². The number of carbonyl (C=O) groups excluding carboxylic acids is 1. The topological polar surface area (TPSA) is 138 Å². The molecule has 2 aliphatic rings. The van der Waals surface area contributed by atoms with Crippen LogP contribution < -0.4 is 16.1 Å². The quantitative estimate of drug-likeness (QED) is 0.144. The summed E-state index contributed by atoms with van der Waals surface area (Å²) in [5.74, 6) is 0.357. The van der Waals surface area contributed by atoms with Gasteiger partial charge in [0.1, 0.15) is 18.5 Å². The van der Waals surface area contributed by atoms with Crippen LogP contribution in [0.1, 0.15) is 39.2 Å². The molecule has 1 unspecified atom stereocenters. The lowest BCUT2D eigenvalue weighted by atomic mass is 9.94. The lowest BCUT2D eigenvalue weighted by molar-refractivity contribution is -0.521. The van der Waals surface area contributed by atoms with E-state index >= 15 is 0 Å². The number of hydrogen-bond donors (Lipinski definition) is 4. The summed E-state index contributed by atoms with van der Waals surface area (Å²) >= 11 is 3.12. The number of benzene rings is 1. The molecular formula is C24H32BrN5O5. The van der Waals surface area contributed by atoms with Crippen molar-refractivity contribution in [2.45, 2.75) is 49.7 Å². The Morgan fingerprint density at radius 3 is 2.77 bits per heavy atom. The molecule has 1 aromatic rings. The van der Waals surface area contributed by atoms with Crippen LogP contribution in [0.15, 0.2) is 53.4 Å². The van der Waals surface area contributed by atoms with Crippen molar-refractivity contribution in [3.05, 3.63) is 63.9 Å². The molecule has 0 radical (unpaired) electrons. The van der Waals surface area contributed by atoms with Crippen LogP contribution in [0.2, 0.25) is 0 Å². The Labute approximate surface area is 213 Å². The summed E-state index contributed by atoms with van der Waals surface area (Å²) in [6.07, 6.45) is 4.61. The summed E-state index contributed by atoms with van der Waals surface area (Å²) in [6, 6.07) is 7.90. The number of aliphatic hydroxyl groups is 1. The lowest BCUT2D eigenvalue weighted by Crippen LogP contribution is -2.48. The Hall–Kier alpha value is -2.76. The summed E-state index contributed by atoms with van der Waals surface area (Å²) in [7, 11) is 0. The Kier molecular flexibility index (Phi) is 8.68. The van der Waals surface area contributed by atoms with Gasteiger partial charge in [-0.15, -0.1) is 0 Å². The van der Waals surface area contributed by atoms with Gasteiger partial charge in [-0.3, -0.25) is 14.9 Å². The standard InChI is InChI=1S/C24H32BrN5O5/c1-16-11-21(32)28-29-22(16)17-6-8-18(9-7-17)26-15-23(2,3)27-13-19(31)14-35-20-5-4-10-24(25,12-20)30(33)34/h4-9,12,16,19,26-27,31H,10-11,13-15H2,1-3H3,(H,28,32)/t16-,19+,24?/m1/s1. The largest absolute Gasteiger partial charge is 0.491 e. The molecule has 1 aromatic carbocycles. The maximum absolute atomic E-state index is 11.4. The fourth-order valence-electron chi connectivity index (χ4n) is 3.67. The predicted octanol–water partition coefficient (Wildman–Crippen LogP) is 2.92. The number of carbonyl (C=O) groups is 1. The molecule has 3 atom stereocenters. The SMILES string of the molecule is C[C@@H]1CC(=O)NN=C1c1ccc(NCC(C)(C)NC[C@H](O)COC2=CC(Br)([N+](=O)[O-])CC=C2)cc1. The van der Waals surface area contributed by atoms with Crippen LogP contribution in [-0.4, -0.2) is 57.4 Å². The molecule has 190 valence electrons. The first-order valence-electron chi connectivity index (χ1n) is 11.5. The van der Waals surface area contributed by atoms with Crippen LogP contribution >= 0.6 is 15.9 Å². The number of nitrogens with zero attached hydrogens (tertiary/aromatic N) is 2. The Bertz CT molecular complexity index is 1020. The highest BCUT2D eigenvalue weighted by molar-refractivity contribution is 9.10. The van der Waals surface area contributed by atoms with Crippen LogP contribution in [-0.2, 0) is 9.53 Å². The molecule has 11 heteroatoms. The molecule has 1 aliphatic heterocycles. The molecule has 0 saturated heterocycles. The normalized spacial score (nSPS) is 23.1. The fourth-order valence-corrected chi connectivity index (χ4v) is 4.09. The molecule has 1 aliphatic carbocycles. The summed E-state index contributed by atoms with van der Waals surface area (Å²) in [4.78, 5) is 22.2. The van der Waals surface area contributed by atoms with E-state index in [4.69, 9.17) is 4.74 Å². The number of amides is 1. The zero-order valence-electron chi connectivity index (χ0n) is 20.1. The molecular weight excluding hydrogens is 518 g/mol. The first-order valence-corrected chi connectivity index (χ1v) is 12.3. The van der Waals surface area contributed by atoms with Crippen LogP contribution in [0, 0.1) is 16.0 Å². The van der Waals surface area contributed by atoms with Crippen molar-refractivity contribution in [1.82, 2.24) is 10.7 Å². The van der Waals surface area contributed by atoms with Gasteiger partial charge in [0, 0.05) is 63.6 Å². The van der Waals surface area contributed by atoms with Crippen molar-refractivity contribution in [3.8, 4) is 0 Å². The van der Waals surface area contributed by atoms with Gasteiger partial charge in [-0.25, -0.2) is 5.43 Å². The van der Waals surface area contributed by atoms with Gasteiger partial charge in [-0.2, -0.15) is 5.10 Å². The van der Waals surface area contributed by atoms with Crippen LogP contribution in [0.3, 0.4) is 0 Å². The number of alkyl halides is 1. The first-order chi connectivity index (χ1) is 16.5. The van der Waals surface area contributed by atoms with E-state index in [1.807, 2.05) is 45.0 Å². The van der Waals surface area contributed by atoms with Gasteiger partial charge >= 0.3 is 0 Å². The number of allylic oxidation sites excluding steroid dienone is 1.